The lowest BCUT2D eigenvalue weighted by atomic mass is 9.86. The summed E-state index contributed by atoms with van der Waals surface area (Å²) in [5.41, 5.74) is 0.392. The van der Waals surface area contributed by atoms with Crippen molar-refractivity contribution in [2.24, 2.45) is 11.3 Å². The first-order chi connectivity index (χ1) is 11.3. The monoisotopic (exact) mass is 358 g/mol. The highest BCUT2D eigenvalue weighted by Crippen LogP contribution is 2.29. The standard InChI is InChI=1S/C20H46N2OSi/c1-9-11-12-13-14-18(3)19(4)23-24-17-20(10-2,15-21(5)6)16-22(7)8/h18-19H,9-17,24H2,1-8H3. The van der Waals surface area contributed by atoms with Crippen LogP contribution in [0.2, 0.25) is 6.04 Å². The van der Waals surface area contributed by atoms with Crippen LogP contribution in [0, 0.1) is 11.3 Å². The number of rotatable bonds is 15. The zero-order valence-electron chi connectivity index (χ0n) is 18.0. The highest BCUT2D eigenvalue weighted by molar-refractivity contribution is 6.27. The lowest BCUT2D eigenvalue weighted by Crippen LogP contribution is -2.42. The van der Waals surface area contributed by atoms with Crippen LogP contribution >= 0.6 is 0 Å². The van der Waals surface area contributed by atoms with Crippen molar-refractivity contribution >= 4 is 9.76 Å². The van der Waals surface area contributed by atoms with Gasteiger partial charge in [0.25, 0.3) is 0 Å². The van der Waals surface area contributed by atoms with E-state index in [1.165, 1.54) is 57.7 Å². The van der Waals surface area contributed by atoms with E-state index in [2.05, 4.69) is 65.7 Å². The van der Waals surface area contributed by atoms with Crippen LogP contribution in [0.4, 0.5) is 0 Å². The van der Waals surface area contributed by atoms with Gasteiger partial charge in [0.15, 0.2) is 9.76 Å². The maximum atomic E-state index is 6.38. The highest BCUT2D eigenvalue weighted by atomic mass is 28.2. The summed E-state index contributed by atoms with van der Waals surface area (Å²) in [7, 11) is 8.33. The van der Waals surface area contributed by atoms with Gasteiger partial charge in [-0.15, -0.1) is 0 Å². The molecule has 0 saturated heterocycles. The molecule has 24 heavy (non-hydrogen) atoms. The number of unbranched alkanes of at least 4 members (excludes halogenated alkanes) is 3. The van der Waals surface area contributed by atoms with Gasteiger partial charge in [-0.05, 0) is 65.3 Å². The summed E-state index contributed by atoms with van der Waals surface area (Å²) in [6.45, 7) is 11.6. The second kappa shape index (κ2) is 13.3. The molecule has 0 spiro atoms. The van der Waals surface area contributed by atoms with Crippen molar-refractivity contribution in [2.45, 2.75) is 78.4 Å². The highest BCUT2D eigenvalue weighted by Gasteiger charge is 2.30. The van der Waals surface area contributed by atoms with Crippen LogP contribution < -0.4 is 0 Å². The Kier molecular flexibility index (Phi) is 13.4. The van der Waals surface area contributed by atoms with Gasteiger partial charge in [0.1, 0.15) is 0 Å². The molecule has 4 heteroatoms. The van der Waals surface area contributed by atoms with Gasteiger partial charge in [0, 0.05) is 19.2 Å². The smallest absolute Gasteiger partial charge is 0.162 e. The van der Waals surface area contributed by atoms with Crippen LogP contribution in [0.5, 0.6) is 0 Å². The van der Waals surface area contributed by atoms with Crippen molar-refractivity contribution < 1.29 is 4.43 Å². The molecule has 0 radical (unpaired) electrons. The zero-order chi connectivity index (χ0) is 18.6. The molecule has 0 aliphatic heterocycles. The van der Waals surface area contributed by atoms with E-state index in [1.54, 1.807) is 0 Å². The third-order valence-corrected chi connectivity index (χ3v) is 7.41. The van der Waals surface area contributed by atoms with Crippen LogP contribution in [-0.4, -0.2) is 66.9 Å². The fourth-order valence-corrected chi connectivity index (χ4v) is 5.62. The summed E-state index contributed by atoms with van der Waals surface area (Å²) in [5, 5.41) is 0. The molecule has 3 nitrogen and oxygen atoms in total. The predicted octanol–water partition coefficient (Wildman–Crippen LogP) is 4.02. The van der Waals surface area contributed by atoms with Crippen molar-refractivity contribution in [2.75, 3.05) is 41.3 Å². The molecule has 0 amide bonds. The predicted molar refractivity (Wildman–Crippen MR) is 112 cm³/mol. The van der Waals surface area contributed by atoms with Gasteiger partial charge < -0.3 is 14.2 Å². The molecule has 146 valence electrons. The first-order valence-corrected chi connectivity index (χ1v) is 11.7. The van der Waals surface area contributed by atoms with Crippen LogP contribution in [0.15, 0.2) is 0 Å². The van der Waals surface area contributed by atoms with Gasteiger partial charge in [-0.25, -0.2) is 0 Å². The summed E-state index contributed by atoms with van der Waals surface area (Å²) in [5.74, 6) is 0.702. The Bertz CT molecular complexity index is 287. The van der Waals surface area contributed by atoms with E-state index < -0.39 is 9.76 Å². The Morgan fingerprint density at radius 2 is 1.50 bits per heavy atom. The molecule has 0 aliphatic carbocycles. The molecule has 0 aromatic heterocycles. The molecule has 0 aromatic rings. The minimum absolute atomic E-state index is 0.392. The molecule has 0 heterocycles. The van der Waals surface area contributed by atoms with Crippen molar-refractivity contribution in [3.05, 3.63) is 0 Å². The van der Waals surface area contributed by atoms with E-state index in [0.29, 0.717) is 17.4 Å². The van der Waals surface area contributed by atoms with Crippen molar-refractivity contribution in [1.29, 1.82) is 0 Å². The molecule has 0 fully saturated rings. The first kappa shape index (κ1) is 24.1. The first-order valence-electron chi connectivity index (χ1n) is 10.2. The largest absolute Gasteiger partial charge is 0.421 e. The number of hydrogen-bond donors (Lipinski definition) is 0. The fourth-order valence-electron chi connectivity index (χ4n) is 3.70. The average molecular weight is 359 g/mol. The minimum Gasteiger partial charge on any atom is -0.421 e. The van der Waals surface area contributed by atoms with Gasteiger partial charge in [0.05, 0.1) is 0 Å². The van der Waals surface area contributed by atoms with Crippen LogP contribution in [0.3, 0.4) is 0 Å². The molecule has 2 atom stereocenters. The van der Waals surface area contributed by atoms with Crippen LogP contribution in [0.1, 0.15) is 66.2 Å². The summed E-state index contributed by atoms with van der Waals surface area (Å²) in [6, 6.07) is 1.28. The third kappa shape index (κ3) is 10.9. The maximum Gasteiger partial charge on any atom is 0.162 e. The molecule has 0 aliphatic rings. The zero-order valence-corrected chi connectivity index (χ0v) is 19.4. The van der Waals surface area contributed by atoms with E-state index in [9.17, 15) is 0 Å². The van der Waals surface area contributed by atoms with Gasteiger partial charge in [0.2, 0.25) is 0 Å². The lowest BCUT2D eigenvalue weighted by Gasteiger charge is -2.38. The van der Waals surface area contributed by atoms with E-state index in [0.717, 1.165) is 0 Å². The lowest BCUT2D eigenvalue weighted by molar-refractivity contribution is 0.133. The minimum atomic E-state index is -0.466. The normalized spacial score (nSPS) is 15.8. The quantitative estimate of drug-likeness (QED) is 0.325. The van der Waals surface area contributed by atoms with E-state index in [-0.39, 0.29) is 0 Å². The SMILES string of the molecule is CCCCCCC(C)C(C)O[SiH2]CC(CC)(CN(C)C)CN(C)C. The van der Waals surface area contributed by atoms with Gasteiger partial charge in [-0.3, -0.25) is 0 Å². The third-order valence-electron chi connectivity index (χ3n) is 5.38. The van der Waals surface area contributed by atoms with Gasteiger partial charge in [-0.1, -0.05) is 46.5 Å². The Morgan fingerprint density at radius 3 is 1.96 bits per heavy atom. The van der Waals surface area contributed by atoms with Crippen molar-refractivity contribution in [3.8, 4) is 0 Å². The maximum absolute atomic E-state index is 6.38. The molecular formula is C20H46N2OSi. The second-order valence-corrected chi connectivity index (χ2v) is 9.72. The Hall–Kier alpha value is 0.0969. The van der Waals surface area contributed by atoms with E-state index in [4.69, 9.17) is 4.43 Å². The fraction of sp³-hybridized carbons (Fsp3) is 1.00. The number of nitrogens with zero attached hydrogens (tertiary/aromatic N) is 2. The second-order valence-electron chi connectivity index (χ2n) is 8.48. The van der Waals surface area contributed by atoms with E-state index >= 15 is 0 Å². The average Bonchev–Trinajstić information content (AvgIpc) is 2.49. The van der Waals surface area contributed by atoms with Gasteiger partial charge in [-0.2, -0.15) is 0 Å². The van der Waals surface area contributed by atoms with Gasteiger partial charge >= 0.3 is 0 Å². The van der Waals surface area contributed by atoms with Crippen LogP contribution in [-0.2, 0) is 4.43 Å². The number of hydrogen-bond acceptors (Lipinski definition) is 3. The Balaban J connectivity index is 4.33. The Morgan fingerprint density at radius 1 is 0.917 bits per heavy atom. The van der Waals surface area contributed by atoms with E-state index in [1.807, 2.05) is 0 Å². The topological polar surface area (TPSA) is 15.7 Å². The summed E-state index contributed by atoms with van der Waals surface area (Å²) in [6.07, 6.45) is 8.45. The summed E-state index contributed by atoms with van der Waals surface area (Å²) >= 11 is 0. The van der Waals surface area contributed by atoms with Crippen molar-refractivity contribution in [3.63, 3.8) is 0 Å². The molecular weight excluding hydrogens is 312 g/mol. The molecule has 0 bridgehead atoms. The molecule has 0 saturated carbocycles. The Labute approximate surface area is 155 Å². The molecule has 0 aromatic carbocycles. The summed E-state index contributed by atoms with van der Waals surface area (Å²) in [4.78, 5) is 4.70. The summed E-state index contributed by atoms with van der Waals surface area (Å²) < 4.78 is 6.38. The molecule has 0 rings (SSSR count). The van der Waals surface area contributed by atoms with Crippen LogP contribution in [0.25, 0.3) is 0 Å². The van der Waals surface area contributed by atoms with Crippen molar-refractivity contribution in [1.82, 2.24) is 9.80 Å². The molecule has 0 N–H and O–H groups in total. The molecule has 2 unspecified atom stereocenters.